The van der Waals surface area contributed by atoms with Crippen LogP contribution < -0.4 is 0 Å². The van der Waals surface area contributed by atoms with Crippen LogP contribution in [0.4, 0.5) is 0 Å². The molecule has 0 bridgehead atoms. The normalized spacial score (nSPS) is 11.6. The third-order valence-electron chi connectivity index (χ3n) is 2.60. The fraction of sp³-hybridized carbons (Fsp3) is 0.929. The molecule has 0 aliphatic carbocycles. The molecule has 1 atom stereocenters. The average molecular weight is 262 g/mol. The van der Waals surface area contributed by atoms with Gasteiger partial charge in [-0.1, -0.05) is 58.3 Å². The van der Waals surface area contributed by atoms with Crippen LogP contribution >= 0.6 is 0 Å². The zero-order chi connectivity index (χ0) is 14.2. The van der Waals surface area contributed by atoms with Gasteiger partial charge >= 0.3 is 0 Å². The van der Waals surface area contributed by atoms with Gasteiger partial charge < -0.3 is 15.3 Å². The topological polar surface area (TPSA) is 77.8 Å². The summed E-state index contributed by atoms with van der Waals surface area (Å²) in [4.78, 5) is 9.00. The minimum atomic E-state index is -0.833. The van der Waals surface area contributed by atoms with Gasteiger partial charge in [0.2, 0.25) is 0 Å². The van der Waals surface area contributed by atoms with E-state index in [0.29, 0.717) is 0 Å². The molecule has 0 saturated carbocycles. The minimum Gasteiger partial charge on any atom is -0.481 e. The van der Waals surface area contributed by atoms with Crippen LogP contribution in [0.3, 0.4) is 0 Å². The van der Waals surface area contributed by atoms with E-state index >= 15 is 0 Å². The van der Waals surface area contributed by atoms with Gasteiger partial charge in [-0.2, -0.15) is 0 Å². The maximum absolute atomic E-state index is 9.08. The van der Waals surface area contributed by atoms with Crippen LogP contribution in [0.15, 0.2) is 0 Å². The zero-order valence-electron chi connectivity index (χ0n) is 11.9. The average Bonchev–Trinajstić information content (AvgIpc) is 2.31. The van der Waals surface area contributed by atoms with Crippen molar-refractivity contribution in [3.63, 3.8) is 0 Å². The maximum atomic E-state index is 9.08. The number of carboxylic acid groups (broad SMARTS) is 1. The zero-order valence-corrected chi connectivity index (χ0v) is 11.9. The summed E-state index contributed by atoms with van der Waals surface area (Å²) in [5.74, 6) is -0.833. The summed E-state index contributed by atoms with van der Waals surface area (Å²) in [6, 6.07) is 0. The Morgan fingerprint density at radius 1 is 1.00 bits per heavy atom. The largest absolute Gasteiger partial charge is 0.481 e. The van der Waals surface area contributed by atoms with Gasteiger partial charge in [0.15, 0.2) is 0 Å². The fourth-order valence-electron chi connectivity index (χ4n) is 1.61. The van der Waals surface area contributed by atoms with Gasteiger partial charge in [-0.05, 0) is 6.42 Å². The molecule has 0 heterocycles. The highest BCUT2D eigenvalue weighted by Gasteiger charge is 2.00. The van der Waals surface area contributed by atoms with Crippen molar-refractivity contribution >= 4 is 5.97 Å². The first-order valence-corrected chi connectivity index (χ1v) is 7.03. The first-order valence-electron chi connectivity index (χ1n) is 7.03. The predicted octanol–water partition coefficient (Wildman–Crippen LogP) is 2.96. The third kappa shape index (κ3) is 24.6. The lowest BCUT2D eigenvalue weighted by molar-refractivity contribution is -0.134. The Bertz CT molecular complexity index is 167. The van der Waals surface area contributed by atoms with Crippen molar-refractivity contribution in [3.05, 3.63) is 0 Å². The summed E-state index contributed by atoms with van der Waals surface area (Å²) in [7, 11) is 0. The molecule has 0 rings (SSSR count). The second-order valence-electron chi connectivity index (χ2n) is 4.62. The number of rotatable bonds is 10. The molecule has 18 heavy (non-hydrogen) atoms. The summed E-state index contributed by atoms with van der Waals surface area (Å²) in [5, 5.41) is 25.1. The van der Waals surface area contributed by atoms with E-state index in [-0.39, 0.29) is 6.61 Å². The van der Waals surface area contributed by atoms with E-state index in [9.17, 15) is 0 Å². The van der Waals surface area contributed by atoms with Crippen molar-refractivity contribution < 1.29 is 20.1 Å². The van der Waals surface area contributed by atoms with Gasteiger partial charge in [0.05, 0.1) is 12.7 Å². The molecule has 0 amide bonds. The maximum Gasteiger partial charge on any atom is 0.300 e. The highest BCUT2D eigenvalue weighted by atomic mass is 16.4. The Labute approximate surface area is 111 Å². The van der Waals surface area contributed by atoms with Crippen LogP contribution in [0.5, 0.6) is 0 Å². The van der Waals surface area contributed by atoms with E-state index in [4.69, 9.17) is 20.1 Å². The lowest BCUT2D eigenvalue weighted by Crippen LogP contribution is -2.10. The van der Waals surface area contributed by atoms with Gasteiger partial charge in [0.25, 0.3) is 5.97 Å². The van der Waals surface area contributed by atoms with Crippen molar-refractivity contribution in [2.75, 3.05) is 6.61 Å². The van der Waals surface area contributed by atoms with E-state index < -0.39 is 12.1 Å². The molecule has 0 aliphatic heterocycles. The molecule has 0 spiro atoms. The molecule has 1 unspecified atom stereocenters. The van der Waals surface area contributed by atoms with E-state index in [1.54, 1.807) is 0 Å². The molecule has 110 valence electrons. The van der Waals surface area contributed by atoms with Gasteiger partial charge in [0.1, 0.15) is 0 Å². The Morgan fingerprint density at radius 2 is 1.39 bits per heavy atom. The molecule has 4 nitrogen and oxygen atoms in total. The molecule has 0 aromatic heterocycles. The molecule has 4 heteroatoms. The molecule has 0 radical (unpaired) electrons. The second-order valence-corrected chi connectivity index (χ2v) is 4.62. The fourth-order valence-corrected chi connectivity index (χ4v) is 1.61. The predicted molar refractivity (Wildman–Crippen MR) is 73.6 cm³/mol. The molecular formula is C14H30O4. The quantitative estimate of drug-likeness (QED) is 0.529. The first-order chi connectivity index (χ1) is 8.54. The second kappa shape index (κ2) is 16.4. The minimum absolute atomic E-state index is 0.0868. The van der Waals surface area contributed by atoms with Gasteiger partial charge in [-0.15, -0.1) is 0 Å². The molecule has 0 saturated heterocycles. The van der Waals surface area contributed by atoms with Gasteiger partial charge in [-0.3, -0.25) is 4.79 Å². The van der Waals surface area contributed by atoms with Crippen molar-refractivity contribution in [2.24, 2.45) is 0 Å². The van der Waals surface area contributed by atoms with Crippen molar-refractivity contribution in [3.8, 4) is 0 Å². The summed E-state index contributed by atoms with van der Waals surface area (Å²) in [6.45, 7) is 3.23. The molecule has 0 aliphatic rings. The number of carboxylic acids is 1. The Kier molecular flexibility index (Phi) is 18.0. The number of unbranched alkanes of at least 4 members (excludes halogenated alkanes) is 7. The standard InChI is InChI=1S/C12H26O2.C2H4O2/c1-2-3-4-5-6-7-8-9-10-12(14)11-13;1-2(3)4/h12-14H,2-11H2,1H3;1H3,(H,3,4). The van der Waals surface area contributed by atoms with Crippen LogP contribution in [-0.4, -0.2) is 34.0 Å². The van der Waals surface area contributed by atoms with Crippen molar-refractivity contribution in [2.45, 2.75) is 77.7 Å². The van der Waals surface area contributed by atoms with Crippen LogP contribution in [0.2, 0.25) is 0 Å². The van der Waals surface area contributed by atoms with Gasteiger partial charge in [-0.25, -0.2) is 0 Å². The number of aliphatic carboxylic acids is 1. The lowest BCUT2D eigenvalue weighted by Gasteiger charge is -2.06. The van der Waals surface area contributed by atoms with Crippen molar-refractivity contribution in [1.82, 2.24) is 0 Å². The molecule has 0 aromatic carbocycles. The van der Waals surface area contributed by atoms with Crippen LogP contribution in [0, 0.1) is 0 Å². The molecule has 0 aromatic rings. The number of aliphatic hydroxyl groups excluding tert-OH is 2. The number of hydrogen-bond donors (Lipinski definition) is 3. The third-order valence-corrected chi connectivity index (χ3v) is 2.60. The summed E-state index contributed by atoms with van der Waals surface area (Å²) < 4.78 is 0. The smallest absolute Gasteiger partial charge is 0.300 e. The van der Waals surface area contributed by atoms with E-state index in [2.05, 4.69) is 6.92 Å². The number of aliphatic hydroxyl groups is 2. The highest BCUT2D eigenvalue weighted by Crippen LogP contribution is 2.10. The Hall–Kier alpha value is -0.610. The molecule has 3 N–H and O–H groups in total. The Balaban J connectivity index is 0. The van der Waals surface area contributed by atoms with E-state index in [1.165, 1.54) is 44.9 Å². The number of carbonyl (C=O) groups is 1. The molecule has 0 fully saturated rings. The van der Waals surface area contributed by atoms with E-state index in [1.807, 2.05) is 0 Å². The van der Waals surface area contributed by atoms with Crippen molar-refractivity contribution in [1.29, 1.82) is 0 Å². The van der Waals surface area contributed by atoms with Crippen LogP contribution in [0.25, 0.3) is 0 Å². The first kappa shape index (κ1) is 19.7. The highest BCUT2D eigenvalue weighted by molar-refractivity contribution is 5.62. The summed E-state index contributed by atoms with van der Waals surface area (Å²) in [5.41, 5.74) is 0. The summed E-state index contributed by atoms with van der Waals surface area (Å²) >= 11 is 0. The van der Waals surface area contributed by atoms with Crippen LogP contribution in [0.1, 0.15) is 71.6 Å². The van der Waals surface area contributed by atoms with E-state index in [0.717, 1.165) is 19.8 Å². The van der Waals surface area contributed by atoms with Gasteiger partial charge in [0, 0.05) is 6.92 Å². The monoisotopic (exact) mass is 262 g/mol. The number of hydrogen-bond acceptors (Lipinski definition) is 3. The lowest BCUT2D eigenvalue weighted by atomic mass is 10.1. The van der Waals surface area contributed by atoms with Crippen LogP contribution in [-0.2, 0) is 4.79 Å². The molecular weight excluding hydrogens is 232 g/mol. The summed E-state index contributed by atoms with van der Waals surface area (Å²) in [6.07, 6.45) is 10.5. The SMILES string of the molecule is CC(=O)O.CCCCCCCCCCC(O)CO. The Morgan fingerprint density at radius 3 is 1.78 bits per heavy atom.